The number of rotatable bonds is 1. The van der Waals surface area contributed by atoms with Gasteiger partial charge in [0.2, 0.25) is 5.91 Å². The molecule has 0 aromatic heterocycles. The van der Waals surface area contributed by atoms with Crippen LogP contribution in [0, 0.1) is 0 Å². The van der Waals surface area contributed by atoms with E-state index in [1.165, 1.54) is 0 Å². The second-order valence-corrected chi connectivity index (χ2v) is 5.36. The highest BCUT2D eigenvalue weighted by molar-refractivity contribution is 6.42. The van der Waals surface area contributed by atoms with Gasteiger partial charge >= 0.3 is 0 Å². The van der Waals surface area contributed by atoms with Crippen LogP contribution in [0.15, 0.2) is 12.1 Å². The maximum atomic E-state index is 12.0. The molecule has 0 bridgehead atoms. The molecule has 1 aromatic carbocycles. The summed E-state index contributed by atoms with van der Waals surface area (Å²) in [5, 5.41) is 3.80. The molecule has 5 heteroatoms. The molecule has 1 aliphatic rings. The van der Waals surface area contributed by atoms with Gasteiger partial charge in [0.15, 0.2) is 0 Å². The molecule has 0 unspecified atom stereocenters. The van der Waals surface area contributed by atoms with Crippen LogP contribution in [0.3, 0.4) is 0 Å². The molecule has 3 nitrogen and oxygen atoms in total. The maximum Gasteiger partial charge on any atom is 0.249 e. The van der Waals surface area contributed by atoms with Gasteiger partial charge in [-0.15, -0.1) is 0 Å². The van der Waals surface area contributed by atoms with Crippen LogP contribution in [-0.2, 0) is 4.79 Å². The number of benzene rings is 1. The Morgan fingerprint density at radius 2 is 1.88 bits per heavy atom. The lowest BCUT2D eigenvalue weighted by molar-refractivity contribution is -0.120. The van der Waals surface area contributed by atoms with Crippen LogP contribution in [-0.4, -0.2) is 18.0 Å². The third-order valence-electron chi connectivity index (χ3n) is 3.12. The molecule has 0 aliphatic carbocycles. The second-order valence-electron chi connectivity index (χ2n) is 4.54. The van der Waals surface area contributed by atoms with Gasteiger partial charge in [-0.2, -0.15) is 0 Å². The summed E-state index contributed by atoms with van der Waals surface area (Å²) < 4.78 is 0. The normalized spacial score (nSPS) is 17.7. The Balaban J connectivity index is 2.62. The van der Waals surface area contributed by atoms with E-state index in [0.717, 1.165) is 12.2 Å². The fraction of sp³-hybridized carbons (Fsp3) is 0.417. The zero-order valence-corrected chi connectivity index (χ0v) is 11.5. The number of hydrogen-bond acceptors (Lipinski definition) is 2. The number of nitrogens with one attached hydrogen (secondary N) is 1. The Morgan fingerprint density at radius 1 is 1.29 bits per heavy atom. The van der Waals surface area contributed by atoms with Crippen molar-refractivity contribution in [2.24, 2.45) is 0 Å². The van der Waals surface area contributed by atoms with E-state index in [9.17, 15) is 4.79 Å². The standard InChI is InChI=1S/C12H14Cl2N2O/c1-4-16-10-6-8(14)7(13)5-9(10)15-11(17)12(16,2)3/h5-6H,4H2,1-3H3,(H,15,17). The van der Waals surface area contributed by atoms with Gasteiger partial charge < -0.3 is 10.2 Å². The van der Waals surface area contributed by atoms with Crippen LogP contribution in [0.1, 0.15) is 20.8 Å². The van der Waals surface area contributed by atoms with Crippen molar-refractivity contribution in [3.8, 4) is 0 Å². The van der Waals surface area contributed by atoms with Crippen molar-refractivity contribution in [2.75, 3.05) is 16.8 Å². The number of anilines is 2. The van der Waals surface area contributed by atoms with Crippen molar-refractivity contribution in [1.29, 1.82) is 0 Å². The second kappa shape index (κ2) is 4.07. The molecule has 0 radical (unpaired) electrons. The SMILES string of the molecule is CCN1c2cc(Cl)c(Cl)cc2NC(=O)C1(C)C. The molecular formula is C12H14Cl2N2O. The average molecular weight is 273 g/mol. The molecule has 0 atom stereocenters. The van der Waals surface area contributed by atoms with E-state index in [-0.39, 0.29) is 5.91 Å². The highest BCUT2D eigenvalue weighted by atomic mass is 35.5. The quantitative estimate of drug-likeness (QED) is 0.848. The summed E-state index contributed by atoms with van der Waals surface area (Å²) >= 11 is 12.0. The Hall–Kier alpha value is -0.930. The summed E-state index contributed by atoms with van der Waals surface area (Å²) in [7, 11) is 0. The van der Waals surface area contributed by atoms with Crippen molar-refractivity contribution in [3.63, 3.8) is 0 Å². The molecule has 92 valence electrons. The predicted molar refractivity (Wildman–Crippen MR) is 72.2 cm³/mol. The first-order valence-corrected chi connectivity index (χ1v) is 6.21. The van der Waals surface area contributed by atoms with E-state index in [4.69, 9.17) is 23.2 Å². The topological polar surface area (TPSA) is 32.3 Å². The summed E-state index contributed by atoms with van der Waals surface area (Å²) in [6.07, 6.45) is 0. The fourth-order valence-corrected chi connectivity index (χ4v) is 2.45. The molecule has 1 N–H and O–H groups in total. The summed E-state index contributed by atoms with van der Waals surface area (Å²) in [5.74, 6) is -0.0368. The van der Waals surface area contributed by atoms with Crippen molar-refractivity contribution in [3.05, 3.63) is 22.2 Å². The number of fused-ring (bicyclic) bond motifs is 1. The summed E-state index contributed by atoms with van der Waals surface area (Å²) in [6, 6.07) is 3.49. The molecule has 1 aliphatic heterocycles. The van der Waals surface area contributed by atoms with Gasteiger partial charge in [0.05, 0.1) is 21.4 Å². The predicted octanol–water partition coefficient (Wildman–Crippen LogP) is 3.55. The number of halogens is 2. The van der Waals surface area contributed by atoms with Crippen molar-refractivity contribution in [2.45, 2.75) is 26.3 Å². The monoisotopic (exact) mass is 272 g/mol. The van der Waals surface area contributed by atoms with Gasteiger partial charge in [0.25, 0.3) is 0 Å². The number of carbonyl (C=O) groups is 1. The van der Waals surface area contributed by atoms with E-state index < -0.39 is 5.54 Å². The largest absolute Gasteiger partial charge is 0.356 e. The number of likely N-dealkylation sites (N-methyl/N-ethyl adjacent to an activating group) is 1. The molecule has 2 rings (SSSR count). The molecule has 0 fully saturated rings. The third kappa shape index (κ3) is 1.87. The van der Waals surface area contributed by atoms with Crippen LogP contribution in [0.5, 0.6) is 0 Å². The number of amides is 1. The summed E-state index contributed by atoms with van der Waals surface area (Å²) in [6.45, 7) is 6.51. The van der Waals surface area contributed by atoms with Crippen molar-refractivity contribution < 1.29 is 4.79 Å². The first-order chi connectivity index (χ1) is 7.87. The van der Waals surface area contributed by atoms with Crippen LogP contribution >= 0.6 is 23.2 Å². The molecule has 0 saturated heterocycles. The zero-order valence-electron chi connectivity index (χ0n) is 9.97. The smallest absolute Gasteiger partial charge is 0.249 e. The Kier molecular flexibility index (Phi) is 3.00. The van der Waals surface area contributed by atoms with E-state index in [0.29, 0.717) is 15.7 Å². The Morgan fingerprint density at radius 3 is 2.47 bits per heavy atom. The Bertz CT molecular complexity index is 486. The first-order valence-electron chi connectivity index (χ1n) is 5.46. The minimum Gasteiger partial charge on any atom is -0.356 e. The highest BCUT2D eigenvalue weighted by Gasteiger charge is 2.39. The van der Waals surface area contributed by atoms with E-state index in [1.54, 1.807) is 12.1 Å². The molecule has 17 heavy (non-hydrogen) atoms. The number of carbonyl (C=O) groups excluding carboxylic acids is 1. The van der Waals surface area contributed by atoms with Gasteiger partial charge in [-0.05, 0) is 32.9 Å². The van der Waals surface area contributed by atoms with Crippen molar-refractivity contribution in [1.82, 2.24) is 0 Å². The molecule has 0 spiro atoms. The molecule has 1 aromatic rings. The number of nitrogens with zero attached hydrogens (tertiary/aromatic N) is 1. The van der Waals surface area contributed by atoms with Gasteiger partial charge in [-0.1, -0.05) is 23.2 Å². The first kappa shape index (κ1) is 12.5. The van der Waals surface area contributed by atoms with Crippen LogP contribution in [0.25, 0.3) is 0 Å². The zero-order chi connectivity index (χ0) is 12.8. The molecule has 0 saturated carbocycles. The summed E-state index contributed by atoms with van der Waals surface area (Å²) in [5.41, 5.74) is 1.04. The molecule has 1 amide bonds. The van der Waals surface area contributed by atoms with Crippen molar-refractivity contribution >= 4 is 40.5 Å². The fourth-order valence-electron chi connectivity index (χ4n) is 2.12. The van der Waals surface area contributed by atoms with Crippen LogP contribution in [0.4, 0.5) is 11.4 Å². The number of hydrogen-bond donors (Lipinski definition) is 1. The lowest BCUT2D eigenvalue weighted by Crippen LogP contribution is -2.56. The summed E-state index contributed by atoms with van der Waals surface area (Å²) in [4.78, 5) is 14.0. The van der Waals surface area contributed by atoms with Gasteiger partial charge in [0, 0.05) is 6.54 Å². The van der Waals surface area contributed by atoms with Gasteiger partial charge in [-0.25, -0.2) is 0 Å². The average Bonchev–Trinajstić information content (AvgIpc) is 2.23. The molecular weight excluding hydrogens is 259 g/mol. The van der Waals surface area contributed by atoms with Gasteiger partial charge in [-0.3, -0.25) is 4.79 Å². The van der Waals surface area contributed by atoms with Crippen LogP contribution < -0.4 is 10.2 Å². The van der Waals surface area contributed by atoms with E-state index >= 15 is 0 Å². The lowest BCUT2D eigenvalue weighted by atomic mass is 9.96. The maximum absolute atomic E-state index is 12.0. The minimum absolute atomic E-state index is 0.0368. The Labute approximate surface area is 111 Å². The van der Waals surface area contributed by atoms with E-state index in [2.05, 4.69) is 5.32 Å². The third-order valence-corrected chi connectivity index (χ3v) is 3.85. The molecule has 1 heterocycles. The van der Waals surface area contributed by atoms with Crippen LogP contribution in [0.2, 0.25) is 10.0 Å². The van der Waals surface area contributed by atoms with E-state index in [1.807, 2.05) is 25.7 Å². The lowest BCUT2D eigenvalue weighted by Gasteiger charge is -2.43. The van der Waals surface area contributed by atoms with Gasteiger partial charge in [0.1, 0.15) is 5.54 Å². The minimum atomic E-state index is -0.584. The highest BCUT2D eigenvalue weighted by Crippen LogP contribution is 2.41.